The standard InChI is InChI=1S/C16H17NO4S/c18-16(17-14-7-8-22(19,20)11-14)10-21-15-6-5-12-3-1-2-4-13(12)9-15/h1-6,9,14H,7-8,10-11H2,(H,17,18). The summed E-state index contributed by atoms with van der Waals surface area (Å²) in [6.45, 7) is -0.116. The molecule has 1 aliphatic heterocycles. The van der Waals surface area contributed by atoms with E-state index in [1.807, 2.05) is 42.5 Å². The van der Waals surface area contributed by atoms with E-state index in [0.717, 1.165) is 10.8 Å². The summed E-state index contributed by atoms with van der Waals surface area (Å²) in [5, 5.41) is 4.85. The molecular formula is C16H17NO4S. The van der Waals surface area contributed by atoms with Crippen LogP contribution in [0.25, 0.3) is 10.8 Å². The monoisotopic (exact) mass is 319 g/mol. The molecule has 2 aromatic rings. The molecule has 3 rings (SSSR count). The predicted molar refractivity (Wildman–Crippen MR) is 84.6 cm³/mol. The van der Waals surface area contributed by atoms with Crippen LogP contribution >= 0.6 is 0 Å². The molecule has 116 valence electrons. The summed E-state index contributed by atoms with van der Waals surface area (Å²) in [4.78, 5) is 11.8. The van der Waals surface area contributed by atoms with E-state index in [4.69, 9.17) is 4.74 Å². The molecule has 1 atom stereocenters. The number of carbonyl (C=O) groups excluding carboxylic acids is 1. The summed E-state index contributed by atoms with van der Waals surface area (Å²) in [5.41, 5.74) is 0. The minimum atomic E-state index is -2.99. The van der Waals surface area contributed by atoms with Gasteiger partial charge in [0.15, 0.2) is 16.4 Å². The third-order valence-electron chi connectivity index (χ3n) is 3.69. The van der Waals surface area contributed by atoms with Crippen LogP contribution in [0.1, 0.15) is 6.42 Å². The number of sulfone groups is 1. The fraction of sp³-hybridized carbons (Fsp3) is 0.312. The van der Waals surface area contributed by atoms with Gasteiger partial charge in [0, 0.05) is 6.04 Å². The second-order valence-corrected chi connectivity index (χ2v) is 7.69. The third-order valence-corrected chi connectivity index (χ3v) is 5.46. The van der Waals surface area contributed by atoms with Crippen LogP contribution < -0.4 is 10.1 Å². The molecule has 0 aromatic heterocycles. The molecule has 2 aromatic carbocycles. The van der Waals surface area contributed by atoms with Gasteiger partial charge in [-0.1, -0.05) is 30.3 Å². The maximum Gasteiger partial charge on any atom is 0.258 e. The second-order valence-electron chi connectivity index (χ2n) is 5.47. The first-order chi connectivity index (χ1) is 10.5. The normalized spacial score (nSPS) is 19.9. The van der Waals surface area contributed by atoms with Gasteiger partial charge < -0.3 is 10.1 Å². The zero-order valence-corrected chi connectivity index (χ0v) is 12.8. The Labute approximate surface area is 129 Å². The number of nitrogens with one attached hydrogen (secondary N) is 1. The van der Waals surface area contributed by atoms with Crippen LogP contribution in [0.5, 0.6) is 5.75 Å². The van der Waals surface area contributed by atoms with Gasteiger partial charge in [0.1, 0.15) is 5.75 Å². The van der Waals surface area contributed by atoms with E-state index in [2.05, 4.69) is 5.32 Å². The van der Waals surface area contributed by atoms with Crippen molar-refractivity contribution in [2.45, 2.75) is 12.5 Å². The van der Waals surface area contributed by atoms with Crippen molar-refractivity contribution in [3.63, 3.8) is 0 Å². The van der Waals surface area contributed by atoms with Gasteiger partial charge in [-0.05, 0) is 29.3 Å². The Morgan fingerprint density at radius 3 is 2.68 bits per heavy atom. The van der Waals surface area contributed by atoms with E-state index in [1.165, 1.54) is 0 Å². The fourth-order valence-electron chi connectivity index (χ4n) is 2.58. The van der Waals surface area contributed by atoms with Gasteiger partial charge in [-0.3, -0.25) is 4.79 Å². The van der Waals surface area contributed by atoms with Crippen molar-refractivity contribution < 1.29 is 17.9 Å². The molecule has 0 saturated carbocycles. The molecule has 1 heterocycles. The molecule has 0 bridgehead atoms. The zero-order valence-electron chi connectivity index (χ0n) is 12.0. The van der Waals surface area contributed by atoms with E-state index in [0.29, 0.717) is 12.2 Å². The van der Waals surface area contributed by atoms with Crippen molar-refractivity contribution in [3.05, 3.63) is 42.5 Å². The molecule has 1 fully saturated rings. The molecule has 1 aliphatic rings. The van der Waals surface area contributed by atoms with Crippen molar-refractivity contribution in [1.29, 1.82) is 0 Å². The number of ether oxygens (including phenoxy) is 1. The first-order valence-electron chi connectivity index (χ1n) is 7.13. The number of benzene rings is 2. The highest BCUT2D eigenvalue weighted by Crippen LogP contribution is 2.20. The Balaban J connectivity index is 1.56. The van der Waals surface area contributed by atoms with Crippen LogP contribution in [-0.2, 0) is 14.6 Å². The average Bonchev–Trinajstić information content (AvgIpc) is 2.84. The highest BCUT2D eigenvalue weighted by Gasteiger charge is 2.28. The lowest BCUT2D eigenvalue weighted by Gasteiger charge is -2.12. The van der Waals surface area contributed by atoms with Gasteiger partial charge in [-0.15, -0.1) is 0 Å². The van der Waals surface area contributed by atoms with E-state index < -0.39 is 9.84 Å². The number of hydrogen-bond acceptors (Lipinski definition) is 4. The lowest BCUT2D eigenvalue weighted by molar-refractivity contribution is -0.123. The van der Waals surface area contributed by atoms with Crippen molar-refractivity contribution in [1.82, 2.24) is 5.32 Å². The highest BCUT2D eigenvalue weighted by molar-refractivity contribution is 7.91. The van der Waals surface area contributed by atoms with Crippen molar-refractivity contribution in [2.75, 3.05) is 18.1 Å². The lowest BCUT2D eigenvalue weighted by Crippen LogP contribution is -2.38. The Hall–Kier alpha value is -2.08. The van der Waals surface area contributed by atoms with Gasteiger partial charge in [-0.25, -0.2) is 8.42 Å². The zero-order chi connectivity index (χ0) is 15.6. The fourth-order valence-corrected chi connectivity index (χ4v) is 4.26. The van der Waals surface area contributed by atoms with E-state index in [-0.39, 0.29) is 30.1 Å². The van der Waals surface area contributed by atoms with Gasteiger partial charge in [0.25, 0.3) is 5.91 Å². The maximum absolute atomic E-state index is 11.8. The van der Waals surface area contributed by atoms with Gasteiger partial charge in [-0.2, -0.15) is 0 Å². The number of hydrogen-bond donors (Lipinski definition) is 1. The molecule has 22 heavy (non-hydrogen) atoms. The Morgan fingerprint density at radius 2 is 1.95 bits per heavy atom. The molecule has 1 saturated heterocycles. The largest absolute Gasteiger partial charge is 0.484 e. The van der Waals surface area contributed by atoms with Gasteiger partial charge in [0.2, 0.25) is 0 Å². The molecule has 0 radical (unpaired) electrons. The number of fused-ring (bicyclic) bond motifs is 1. The highest BCUT2D eigenvalue weighted by atomic mass is 32.2. The first kappa shape index (κ1) is 14.8. The Morgan fingerprint density at radius 1 is 1.18 bits per heavy atom. The van der Waals surface area contributed by atoms with Crippen LogP contribution in [0.3, 0.4) is 0 Å². The van der Waals surface area contributed by atoms with Crippen molar-refractivity contribution in [2.24, 2.45) is 0 Å². The van der Waals surface area contributed by atoms with E-state index >= 15 is 0 Å². The van der Waals surface area contributed by atoms with E-state index in [1.54, 1.807) is 0 Å². The van der Waals surface area contributed by atoms with E-state index in [9.17, 15) is 13.2 Å². The minimum absolute atomic E-state index is 0.0225. The molecular weight excluding hydrogens is 302 g/mol. The summed E-state index contributed by atoms with van der Waals surface area (Å²) in [7, 11) is -2.99. The van der Waals surface area contributed by atoms with Crippen LogP contribution in [0.15, 0.2) is 42.5 Å². The molecule has 0 aliphatic carbocycles. The van der Waals surface area contributed by atoms with Crippen LogP contribution in [-0.4, -0.2) is 38.5 Å². The van der Waals surface area contributed by atoms with Crippen LogP contribution in [0.4, 0.5) is 0 Å². The smallest absolute Gasteiger partial charge is 0.258 e. The topological polar surface area (TPSA) is 72.5 Å². The molecule has 1 unspecified atom stereocenters. The van der Waals surface area contributed by atoms with Crippen LogP contribution in [0.2, 0.25) is 0 Å². The van der Waals surface area contributed by atoms with Gasteiger partial charge in [0.05, 0.1) is 11.5 Å². The lowest BCUT2D eigenvalue weighted by atomic mass is 10.1. The molecule has 6 heteroatoms. The molecule has 0 spiro atoms. The average molecular weight is 319 g/mol. The van der Waals surface area contributed by atoms with Crippen LogP contribution in [0, 0.1) is 0 Å². The summed E-state index contributed by atoms with van der Waals surface area (Å²) < 4.78 is 28.2. The predicted octanol–water partition coefficient (Wildman–Crippen LogP) is 1.52. The summed E-state index contributed by atoms with van der Waals surface area (Å²) >= 11 is 0. The SMILES string of the molecule is O=C(COc1ccc2ccccc2c1)NC1CCS(=O)(=O)C1. The molecule has 1 N–H and O–H groups in total. The molecule has 1 amide bonds. The number of rotatable bonds is 4. The number of amides is 1. The minimum Gasteiger partial charge on any atom is -0.484 e. The van der Waals surface area contributed by atoms with Crippen molar-refractivity contribution in [3.8, 4) is 5.75 Å². The third kappa shape index (κ3) is 3.57. The summed E-state index contributed by atoms with van der Waals surface area (Å²) in [5.74, 6) is 0.487. The first-order valence-corrected chi connectivity index (χ1v) is 8.95. The van der Waals surface area contributed by atoms with Crippen molar-refractivity contribution >= 4 is 26.5 Å². The molecule has 5 nitrogen and oxygen atoms in total. The Kier molecular flexibility index (Phi) is 4.02. The number of carbonyl (C=O) groups is 1. The Bertz CT molecular complexity index is 801. The van der Waals surface area contributed by atoms with Gasteiger partial charge >= 0.3 is 0 Å². The second kappa shape index (κ2) is 5.96. The maximum atomic E-state index is 11.8. The quantitative estimate of drug-likeness (QED) is 0.927. The summed E-state index contributed by atoms with van der Waals surface area (Å²) in [6.07, 6.45) is 0.476. The summed E-state index contributed by atoms with van der Waals surface area (Å²) in [6, 6.07) is 13.2.